The summed E-state index contributed by atoms with van der Waals surface area (Å²) >= 11 is 0. The van der Waals surface area contributed by atoms with Gasteiger partial charge in [0, 0.05) is 25.0 Å². The van der Waals surface area contributed by atoms with E-state index in [4.69, 9.17) is 5.26 Å². The molecule has 0 aliphatic carbocycles. The van der Waals surface area contributed by atoms with Crippen molar-refractivity contribution in [2.75, 3.05) is 0 Å². The molecule has 1 heterocycles. The molecule has 0 aliphatic rings. The van der Waals surface area contributed by atoms with Crippen molar-refractivity contribution >= 4 is 0 Å². The lowest BCUT2D eigenvalue weighted by atomic mass is 10.1. The standard InChI is InChI=1S/C15H15N3/c1-12(15-4-2-13(10-16)3-5-15)18-11-14-6-8-17-9-7-14/h2-9,12,18H,11H2,1H3. The van der Waals surface area contributed by atoms with Crippen molar-refractivity contribution in [2.45, 2.75) is 19.5 Å². The molecule has 0 radical (unpaired) electrons. The summed E-state index contributed by atoms with van der Waals surface area (Å²) in [4.78, 5) is 3.99. The Bertz CT molecular complexity index is 526. The highest BCUT2D eigenvalue weighted by Gasteiger charge is 2.04. The number of rotatable bonds is 4. The van der Waals surface area contributed by atoms with Crippen LogP contribution in [0.5, 0.6) is 0 Å². The predicted octanol–water partition coefficient (Wildman–Crippen LogP) is 2.80. The van der Waals surface area contributed by atoms with E-state index in [0.717, 1.165) is 6.54 Å². The van der Waals surface area contributed by atoms with Gasteiger partial charge < -0.3 is 5.32 Å². The summed E-state index contributed by atoms with van der Waals surface area (Å²) in [6.07, 6.45) is 3.59. The maximum atomic E-state index is 8.75. The van der Waals surface area contributed by atoms with E-state index in [1.165, 1.54) is 11.1 Å². The third-order valence-electron chi connectivity index (χ3n) is 2.90. The van der Waals surface area contributed by atoms with Gasteiger partial charge in [0.25, 0.3) is 0 Å². The highest BCUT2D eigenvalue weighted by atomic mass is 14.9. The summed E-state index contributed by atoms with van der Waals surface area (Å²) in [6.45, 7) is 2.92. The molecule has 0 amide bonds. The predicted molar refractivity (Wildman–Crippen MR) is 70.6 cm³/mol. The van der Waals surface area contributed by atoms with Crippen LogP contribution in [0.4, 0.5) is 0 Å². The van der Waals surface area contributed by atoms with Crippen LogP contribution in [-0.2, 0) is 6.54 Å². The Labute approximate surface area is 107 Å². The fourth-order valence-corrected chi connectivity index (χ4v) is 1.74. The molecule has 0 saturated heterocycles. The quantitative estimate of drug-likeness (QED) is 0.889. The van der Waals surface area contributed by atoms with Crippen LogP contribution in [0.15, 0.2) is 48.8 Å². The topological polar surface area (TPSA) is 48.7 Å². The van der Waals surface area contributed by atoms with E-state index >= 15 is 0 Å². The van der Waals surface area contributed by atoms with Gasteiger partial charge in [-0.1, -0.05) is 12.1 Å². The minimum absolute atomic E-state index is 0.255. The van der Waals surface area contributed by atoms with Gasteiger partial charge in [-0.2, -0.15) is 5.26 Å². The van der Waals surface area contributed by atoms with Gasteiger partial charge in [0.2, 0.25) is 0 Å². The zero-order valence-corrected chi connectivity index (χ0v) is 10.3. The van der Waals surface area contributed by atoms with Crippen LogP contribution >= 0.6 is 0 Å². The van der Waals surface area contributed by atoms with E-state index in [0.29, 0.717) is 5.56 Å². The Morgan fingerprint density at radius 3 is 2.44 bits per heavy atom. The maximum Gasteiger partial charge on any atom is 0.0991 e. The zero-order chi connectivity index (χ0) is 12.8. The Balaban J connectivity index is 1.95. The molecule has 90 valence electrons. The van der Waals surface area contributed by atoms with Crippen LogP contribution in [0.3, 0.4) is 0 Å². The van der Waals surface area contributed by atoms with E-state index in [2.05, 4.69) is 23.3 Å². The molecule has 0 fully saturated rings. The van der Waals surface area contributed by atoms with Crippen molar-refractivity contribution in [2.24, 2.45) is 0 Å². The smallest absolute Gasteiger partial charge is 0.0991 e. The molecule has 2 rings (SSSR count). The highest BCUT2D eigenvalue weighted by molar-refractivity contribution is 5.32. The van der Waals surface area contributed by atoms with Gasteiger partial charge in [0.05, 0.1) is 11.6 Å². The van der Waals surface area contributed by atoms with Crippen molar-refractivity contribution in [1.29, 1.82) is 5.26 Å². The van der Waals surface area contributed by atoms with Crippen LogP contribution in [0.2, 0.25) is 0 Å². The lowest BCUT2D eigenvalue weighted by Crippen LogP contribution is -2.18. The monoisotopic (exact) mass is 237 g/mol. The van der Waals surface area contributed by atoms with Gasteiger partial charge in [-0.25, -0.2) is 0 Å². The number of hydrogen-bond donors (Lipinski definition) is 1. The molecule has 0 spiro atoms. The summed E-state index contributed by atoms with van der Waals surface area (Å²) in [6, 6.07) is 14.0. The number of nitrogens with one attached hydrogen (secondary N) is 1. The summed E-state index contributed by atoms with van der Waals surface area (Å²) in [5, 5.41) is 12.2. The summed E-state index contributed by atoms with van der Waals surface area (Å²) in [5.41, 5.74) is 3.09. The van der Waals surface area contributed by atoms with E-state index in [9.17, 15) is 0 Å². The summed E-state index contributed by atoms with van der Waals surface area (Å²) < 4.78 is 0. The third-order valence-corrected chi connectivity index (χ3v) is 2.90. The average molecular weight is 237 g/mol. The highest BCUT2D eigenvalue weighted by Crippen LogP contribution is 2.13. The van der Waals surface area contributed by atoms with E-state index < -0.39 is 0 Å². The zero-order valence-electron chi connectivity index (χ0n) is 10.3. The lowest BCUT2D eigenvalue weighted by Gasteiger charge is -2.14. The first kappa shape index (κ1) is 12.3. The molecule has 2 aromatic rings. The number of aromatic nitrogens is 1. The normalized spacial score (nSPS) is 11.8. The van der Waals surface area contributed by atoms with Gasteiger partial charge in [-0.15, -0.1) is 0 Å². The Morgan fingerprint density at radius 1 is 1.17 bits per heavy atom. The molecule has 1 N–H and O–H groups in total. The molecule has 1 atom stereocenters. The van der Waals surface area contributed by atoms with Gasteiger partial charge >= 0.3 is 0 Å². The second-order valence-corrected chi connectivity index (χ2v) is 4.19. The van der Waals surface area contributed by atoms with Crippen LogP contribution in [0.25, 0.3) is 0 Å². The maximum absolute atomic E-state index is 8.75. The van der Waals surface area contributed by atoms with Gasteiger partial charge in [0.15, 0.2) is 0 Å². The Kier molecular flexibility index (Phi) is 4.06. The molecule has 0 saturated carbocycles. The van der Waals surface area contributed by atoms with Crippen molar-refractivity contribution in [3.63, 3.8) is 0 Å². The number of hydrogen-bond acceptors (Lipinski definition) is 3. The van der Waals surface area contributed by atoms with E-state index in [1.807, 2.05) is 36.4 Å². The molecular formula is C15H15N3. The second-order valence-electron chi connectivity index (χ2n) is 4.19. The van der Waals surface area contributed by atoms with Crippen molar-refractivity contribution < 1.29 is 0 Å². The van der Waals surface area contributed by atoms with Crippen LogP contribution in [-0.4, -0.2) is 4.98 Å². The molecule has 3 nitrogen and oxygen atoms in total. The van der Waals surface area contributed by atoms with Crippen LogP contribution in [0.1, 0.15) is 29.7 Å². The average Bonchev–Trinajstić information content (AvgIpc) is 2.46. The molecule has 1 aromatic carbocycles. The Morgan fingerprint density at radius 2 is 1.83 bits per heavy atom. The minimum Gasteiger partial charge on any atom is -0.306 e. The first-order valence-corrected chi connectivity index (χ1v) is 5.92. The van der Waals surface area contributed by atoms with Crippen molar-refractivity contribution in [3.8, 4) is 6.07 Å². The molecule has 0 bridgehead atoms. The summed E-state index contributed by atoms with van der Waals surface area (Å²) in [7, 11) is 0. The van der Waals surface area contributed by atoms with Crippen LogP contribution in [0, 0.1) is 11.3 Å². The number of pyridine rings is 1. The first-order valence-electron chi connectivity index (χ1n) is 5.92. The van der Waals surface area contributed by atoms with Crippen molar-refractivity contribution in [1.82, 2.24) is 10.3 Å². The Hall–Kier alpha value is -2.18. The largest absolute Gasteiger partial charge is 0.306 e. The molecular weight excluding hydrogens is 222 g/mol. The fraction of sp³-hybridized carbons (Fsp3) is 0.200. The van der Waals surface area contributed by atoms with E-state index in [-0.39, 0.29) is 6.04 Å². The SMILES string of the molecule is CC(NCc1ccncc1)c1ccc(C#N)cc1. The second kappa shape index (κ2) is 5.95. The molecule has 0 aliphatic heterocycles. The minimum atomic E-state index is 0.255. The number of benzene rings is 1. The first-order chi connectivity index (χ1) is 8.79. The number of nitriles is 1. The lowest BCUT2D eigenvalue weighted by molar-refractivity contribution is 0.574. The van der Waals surface area contributed by atoms with Gasteiger partial charge in [-0.3, -0.25) is 4.98 Å². The third kappa shape index (κ3) is 3.16. The number of nitrogens with zero attached hydrogens (tertiary/aromatic N) is 2. The van der Waals surface area contributed by atoms with Gasteiger partial charge in [0.1, 0.15) is 0 Å². The van der Waals surface area contributed by atoms with Crippen LogP contribution < -0.4 is 5.32 Å². The molecule has 1 aromatic heterocycles. The molecule has 18 heavy (non-hydrogen) atoms. The summed E-state index contributed by atoms with van der Waals surface area (Å²) in [5.74, 6) is 0. The van der Waals surface area contributed by atoms with E-state index in [1.54, 1.807) is 12.4 Å². The molecule has 1 unspecified atom stereocenters. The van der Waals surface area contributed by atoms with Crippen molar-refractivity contribution in [3.05, 3.63) is 65.5 Å². The molecule has 3 heteroatoms. The van der Waals surface area contributed by atoms with Gasteiger partial charge in [-0.05, 0) is 42.3 Å². The fourth-order valence-electron chi connectivity index (χ4n) is 1.74.